The Morgan fingerprint density at radius 1 is 0.968 bits per heavy atom. The summed E-state index contributed by atoms with van der Waals surface area (Å²) in [4.78, 5) is 24.3. The van der Waals surface area contributed by atoms with Gasteiger partial charge in [-0.05, 0) is 29.3 Å². The average Bonchev–Trinajstić information content (AvgIpc) is 3.17. The molecule has 0 aliphatic heterocycles. The molecule has 31 heavy (non-hydrogen) atoms. The average molecular weight is 419 g/mol. The first-order valence-electron chi connectivity index (χ1n) is 10.5. The number of carbonyl (C=O) groups excluding carboxylic acids is 2. The summed E-state index contributed by atoms with van der Waals surface area (Å²) in [5.74, 6) is -0.0640. The van der Waals surface area contributed by atoms with Gasteiger partial charge in [0.1, 0.15) is 5.78 Å². The maximum Gasteiger partial charge on any atom is 0.234 e. The number of ketones is 1. The monoisotopic (exact) mass is 418 g/mol. The summed E-state index contributed by atoms with van der Waals surface area (Å²) in [7, 11) is 0. The van der Waals surface area contributed by atoms with Crippen LogP contribution in [-0.4, -0.2) is 28.0 Å². The third kappa shape index (κ3) is 6.12. The third-order valence-corrected chi connectivity index (χ3v) is 5.00. The van der Waals surface area contributed by atoms with Gasteiger partial charge in [-0.2, -0.15) is 5.10 Å². The van der Waals surface area contributed by atoms with Crippen molar-refractivity contribution >= 4 is 11.7 Å². The zero-order valence-corrected chi connectivity index (χ0v) is 18.4. The molecule has 3 aromatic rings. The Bertz CT molecular complexity index is 1050. The molecule has 0 radical (unpaired) electrons. The van der Waals surface area contributed by atoms with Gasteiger partial charge >= 0.3 is 0 Å². The molecule has 6 heteroatoms. The highest BCUT2D eigenvalue weighted by Crippen LogP contribution is 2.24. The standard InChI is InChI=1S/C25H30N4O2/c1-25(2,3)23-15-21(14-22(30)13-18-8-5-4-6-9-18)29(28-23)20-11-7-10-19(12-20)17-27-24(31)16-26/h4-12,15H,13-14,16-17,26H2,1-3H3,(H,27,31). The van der Waals surface area contributed by atoms with Gasteiger partial charge in [0, 0.05) is 24.8 Å². The Morgan fingerprint density at radius 3 is 2.35 bits per heavy atom. The number of amides is 1. The maximum absolute atomic E-state index is 12.8. The van der Waals surface area contributed by atoms with Crippen LogP contribution in [0, 0.1) is 0 Å². The van der Waals surface area contributed by atoms with Crippen molar-refractivity contribution < 1.29 is 9.59 Å². The molecule has 0 aliphatic carbocycles. The number of hydrogen-bond donors (Lipinski definition) is 2. The normalized spacial score (nSPS) is 11.4. The van der Waals surface area contributed by atoms with Gasteiger partial charge in [-0.15, -0.1) is 0 Å². The van der Waals surface area contributed by atoms with Crippen LogP contribution in [-0.2, 0) is 34.4 Å². The van der Waals surface area contributed by atoms with E-state index in [-0.39, 0.29) is 23.7 Å². The second-order valence-corrected chi connectivity index (χ2v) is 8.71. The number of carbonyl (C=O) groups is 2. The van der Waals surface area contributed by atoms with Gasteiger partial charge < -0.3 is 11.1 Å². The number of aromatic nitrogens is 2. The zero-order valence-electron chi connectivity index (χ0n) is 18.4. The number of hydrogen-bond acceptors (Lipinski definition) is 4. The van der Waals surface area contributed by atoms with Crippen LogP contribution >= 0.6 is 0 Å². The number of Topliss-reactive ketones (excluding diaryl/α,β-unsaturated/α-hetero) is 1. The van der Waals surface area contributed by atoms with Crippen LogP contribution in [0.3, 0.4) is 0 Å². The van der Waals surface area contributed by atoms with Crippen molar-refractivity contribution in [2.24, 2.45) is 5.73 Å². The molecule has 6 nitrogen and oxygen atoms in total. The molecule has 1 aromatic heterocycles. The zero-order chi connectivity index (χ0) is 22.4. The molecular weight excluding hydrogens is 388 g/mol. The van der Waals surface area contributed by atoms with Crippen molar-refractivity contribution in [3.05, 3.63) is 83.2 Å². The van der Waals surface area contributed by atoms with Gasteiger partial charge in [0.15, 0.2) is 0 Å². The van der Waals surface area contributed by atoms with Crippen LogP contribution in [0.1, 0.15) is 43.3 Å². The highest BCUT2D eigenvalue weighted by atomic mass is 16.1. The minimum Gasteiger partial charge on any atom is -0.351 e. The molecule has 0 bridgehead atoms. The van der Waals surface area contributed by atoms with Crippen molar-refractivity contribution in [1.29, 1.82) is 0 Å². The van der Waals surface area contributed by atoms with Gasteiger partial charge in [-0.25, -0.2) is 4.68 Å². The maximum atomic E-state index is 12.8. The minimum absolute atomic E-state index is 0.0402. The fourth-order valence-corrected chi connectivity index (χ4v) is 3.29. The lowest BCUT2D eigenvalue weighted by Crippen LogP contribution is -2.29. The van der Waals surface area contributed by atoms with E-state index in [1.807, 2.05) is 65.3 Å². The first-order chi connectivity index (χ1) is 14.8. The molecule has 1 heterocycles. The van der Waals surface area contributed by atoms with Crippen molar-refractivity contribution in [1.82, 2.24) is 15.1 Å². The van der Waals surface area contributed by atoms with Gasteiger partial charge in [0.2, 0.25) is 5.91 Å². The summed E-state index contributed by atoms with van der Waals surface area (Å²) in [5, 5.41) is 7.60. The van der Waals surface area contributed by atoms with Crippen LogP contribution in [0.5, 0.6) is 0 Å². The summed E-state index contributed by atoms with van der Waals surface area (Å²) in [6, 6.07) is 19.6. The Labute approximate surface area is 183 Å². The van der Waals surface area contributed by atoms with E-state index in [2.05, 4.69) is 26.1 Å². The number of nitrogens with one attached hydrogen (secondary N) is 1. The highest BCUT2D eigenvalue weighted by Gasteiger charge is 2.22. The second-order valence-electron chi connectivity index (χ2n) is 8.71. The van der Waals surface area contributed by atoms with Crippen LogP contribution in [0.2, 0.25) is 0 Å². The molecule has 0 fully saturated rings. The second kappa shape index (κ2) is 9.71. The van der Waals surface area contributed by atoms with E-state index < -0.39 is 0 Å². The lowest BCUT2D eigenvalue weighted by atomic mass is 9.92. The molecule has 0 atom stereocenters. The Hall–Kier alpha value is -3.25. The van der Waals surface area contributed by atoms with Crippen LogP contribution < -0.4 is 11.1 Å². The number of benzene rings is 2. The largest absolute Gasteiger partial charge is 0.351 e. The van der Waals surface area contributed by atoms with E-state index in [0.29, 0.717) is 19.4 Å². The predicted molar refractivity (Wildman–Crippen MR) is 122 cm³/mol. The first-order valence-corrected chi connectivity index (χ1v) is 10.5. The fourth-order valence-electron chi connectivity index (χ4n) is 3.29. The van der Waals surface area contributed by atoms with Crippen molar-refractivity contribution in [3.63, 3.8) is 0 Å². The predicted octanol–water partition coefficient (Wildman–Crippen LogP) is 3.10. The molecule has 0 saturated carbocycles. The van der Waals surface area contributed by atoms with E-state index in [9.17, 15) is 9.59 Å². The lowest BCUT2D eigenvalue weighted by molar-refractivity contribution is -0.120. The minimum atomic E-state index is -0.202. The van der Waals surface area contributed by atoms with Crippen LogP contribution in [0.25, 0.3) is 5.69 Å². The van der Waals surface area contributed by atoms with Crippen molar-refractivity contribution in [2.75, 3.05) is 6.54 Å². The van der Waals surface area contributed by atoms with Crippen LogP contribution in [0.4, 0.5) is 0 Å². The smallest absolute Gasteiger partial charge is 0.234 e. The molecule has 2 aromatic carbocycles. The molecule has 162 valence electrons. The molecule has 1 amide bonds. The summed E-state index contributed by atoms with van der Waals surface area (Å²) in [5.41, 5.74) is 9.81. The number of nitrogens with two attached hydrogens (primary N) is 1. The topological polar surface area (TPSA) is 90.0 Å². The van der Waals surface area contributed by atoms with Crippen molar-refractivity contribution in [2.45, 2.75) is 45.6 Å². The summed E-state index contributed by atoms with van der Waals surface area (Å²) >= 11 is 0. The molecule has 0 aliphatic rings. The Morgan fingerprint density at radius 2 is 1.68 bits per heavy atom. The first kappa shape index (κ1) is 22.4. The number of rotatable bonds is 8. The fraction of sp³-hybridized carbons (Fsp3) is 0.320. The Kier molecular flexibility index (Phi) is 7.02. The molecule has 0 unspecified atom stereocenters. The summed E-state index contributed by atoms with van der Waals surface area (Å²) in [6.07, 6.45) is 0.689. The molecular formula is C25H30N4O2. The van der Waals surface area contributed by atoms with Gasteiger partial charge in [-0.1, -0.05) is 63.2 Å². The molecule has 3 N–H and O–H groups in total. The lowest BCUT2D eigenvalue weighted by Gasteiger charge is -2.14. The highest BCUT2D eigenvalue weighted by molar-refractivity contribution is 5.83. The summed E-state index contributed by atoms with van der Waals surface area (Å²) in [6.45, 7) is 6.66. The molecule has 0 spiro atoms. The van der Waals surface area contributed by atoms with Gasteiger partial charge in [0.05, 0.1) is 23.6 Å². The number of nitrogens with zero attached hydrogens (tertiary/aromatic N) is 2. The Balaban J connectivity index is 1.88. The van der Waals surface area contributed by atoms with E-state index >= 15 is 0 Å². The molecule has 0 saturated heterocycles. The molecule has 3 rings (SSSR count). The SMILES string of the molecule is CC(C)(C)c1cc(CC(=O)Cc2ccccc2)n(-c2cccc(CNC(=O)CN)c2)n1. The van der Waals surface area contributed by atoms with E-state index in [1.165, 1.54) is 0 Å². The van der Waals surface area contributed by atoms with Crippen LogP contribution in [0.15, 0.2) is 60.7 Å². The van der Waals surface area contributed by atoms with E-state index in [1.54, 1.807) is 0 Å². The van der Waals surface area contributed by atoms with Crippen molar-refractivity contribution in [3.8, 4) is 5.69 Å². The van der Waals surface area contributed by atoms with Gasteiger partial charge in [-0.3, -0.25) is 9.59 Å². The summed E-state index contributed by atoms with van der Waals surface area (Å²) < 4.78 is 1.84. The quantitative estimate of drug-likeness (QED) is 0.588. The third-order valence-electron chi connectivity index (χ3n) is 5.00. The van der Waals surface area contributed by atoms with E-state index in [0.717, 1.165) is 28.2 Å². The van der Waals surface area contributed by atoms with E-state index in [4.69, 9.17) is 10.8 Å². The van der Waals surface area contributed by atoms with Gasteiger partial charge in [0.25, 0.3) is 0 Å².